The van der Waals surface area contributed by atoms with Crippen molar-refractivity contribution in [1.29, 1.82) is 0 Å². The van der Waals surface area contributed by atoms with Crippen LogP contribution in [0, 0.1) is 0 Å². The lowest BCUT2D eigenvalue weighted by Crippen LogP contribution is -2.13. The zero-order valence-electron chi connectivity index (χ0n) is 11.6. The number of benzene rings is 1. The number of hydrogen-bond donors (Lipinski definition) is 2. The minimum atomic E-state index is -0.273. The number of carbonyl (C=O) groups excluding carboxylic acids is 1. The van der Waals surface area contributed by atoms with Gasteiger partial charge in [-0.05, 0) is 12.1 Å². The van der Waals surface area contributed by atoms with Crippen molar-refractivity contribution in [2.75, 3.05) is 19.5 Å². The standard InChI is InChI=1S/C15H14N2O4/c1-19-9-3-4-10(13(7-9)20-2)17-15(18)12-8-14-11(16-12)5-6-21-14/h3-8,16H,1-2H3,(H,17,18). The number of furan rings is 1. The molecule has 2 heterocycles. The Hall–Kier alpha value is -2.89. The van der Waals surface area contributed by atoms with E-state index in [1.54, 1.807) is 43.7 Å². The zero-order chi connectivity index (χ0) is 14.8. The van der Waals surface area contributed by atoms with Crippen LogP contribution in [0.4, 0.5) is 5.69 Å². The number of anilines is 1. The molecule has 0 saturated carbocycles. The molecule has 0 fully saturated rings. The van der Waals surface area contributed by atoms with Crippen LogP contribution in [0.2, 0.25) is 0 Å². The van der Waals surface area contributed by atoms with Crippen LogP contribution in [0.3, 0.4) is 0 Å². The minimum Gasteiger partial charge on any atom is -0.497 e. The Kier molecular flexibility index (Phi) is 3.27. The first-order valence-electron chi connectivity index (χ1n) is 6.31. The molecule has 6 nitrogen and oxygen atoms in total. The number of aromatic amines is 1. The highest BCUT2D eigenvalue weighted by atomic mass is 16.5. The van der Waals surface area contributed by atoms with Crippen LogP contribution in [-0.2, 0) is 0 Å². The summed E-state index contributed by atoms with van der Waals surface area (Å²) in [6.45, 7) is 0. The first-order chi connectivity index (χ1) is 10.2. The molecule has 108 valence electrons. The van der Waals surface area contributed by atoms with E-state index < -0.39 is 0 Å². The van der Waals surface area contributed by atoms with E-state index in [2.05, 4.69) is 10.3 Å². The van der Waals surface area contributed by atoms with Gasteiger partial charge in [-0.1, -0.05) is 0 Å². The number of H-pyrrole nitrogens is 1. The van der Waals surface area contributed by atoms with E-state index in [1.807, 2.05) is 0 Å². The fraction of sp³-hybridized carbons (Fsp3) is 0.133. The third-order valence-electron chi connectivity index (χ3n) is 3.14. The third kappa shape index (κ3) is 2.43. The van der Waals surface area contributed by atoms with Gasteiger partial charge in [-0.3, -0.25) is 4.79 Å². The molecule has 1 aromatic carbocycles. The molecule has 3 aromatic rings. The van der Waals surface area contributed by atoms with Crippen LogP contribution in [0.1, 0.15) is 10.5 Å². The maximum Gasteiger partial charge on any atom is 0.272 e. The molecule has 2 N–H and O–H groups in total. The average molecular weight is 286 g/mol. The van der Waals surface area contributed by atoms with Gasteiger partial charge >= 0.3 is 0 Å². The van der Waals surface area contributed by atoms with E-state index in [0.717, 1.165) is 5.52 Å². The molecule has 0 spiro atoms. The molecule has 6 heteroatoms. The quantitative estimate of drug-likeness (QED) is 0.773. The van der Waals surface area contributed by atoms with Gasteiger partial charge in [0, 0.05) is 18.2 Å². The molecule has 0 aliphatic carbocycles. The molecule has 0 aliphatic rings. The third-order valence-corrected chi connectivity index (χ3v) is 3.14. The Bertz CT molecular complexity index is 759. The molecule has 0 unspecified atom stereocenters. The highest BCUT2D eigenvalue weighted by molar-refractivity contribution is 6.06. The van der Waals surface area contributed by atoms with Gasteiger partial charge in [0.15, 0.2) is 5.58 Å². The first kappa shape index (κ1) is 13.1. The maximum absolute atomic E-state index is 12.2. The van der Waals surface area contributed by atoms with Gasteiger partial charge in [-0.15, -0.1) is 0 Å². The van der Waals surface area contributed by atoms with Crippen LogP contribution in [0.5, 0.6) is 11.5 Å². The summed E-state index contributed by atoms with van der Waals surface area (Å²) in [6.07, 6.45) is 1.56. The maximum atomic E-state index is 12.2. The highest BCUT2D eigenvalue weighted by Crippen LogP contribution is 2.29. The number of hydrogen-bond acceptors (Lipinski definition) is 4. The van der Waals surface area contributed by atoms with Crippen LogP contribution >= 0.6 is 0 Å². The molecule has 3 rings (SSSR count). The average Bonchev–Trinajstić information content (AvgIpc) is 3.08. The van der Waals surface area contributed by atoms with Crippen LogP contribution in [0.25, 0.3) is 11.1 Å². The number of amides is 1. The van der Waals surface area contributed by atoms with E-state index in [4.69, 9.17) is 13.9 Å². The minimum absolute atomic E-state index is 0.273. The summed E-state index contributed by atoms with van der Waals surface area (Å²) in [7, 11) is 3.10. The van der Waals surface area contributed by atoms with Gasteiger partial charge in [-0.25, -0.2) is 0 Å². The predicted molar refractivity (Wildman–Crippen MR) is 78.1 cm³/mol. The number of methoxy groups -OCH3 is 2. The Morgan fingerprint density at radius 2 is 2.05 bits per heavy atom. The van der Waals surface area contributed by atoms with Crippen molar-refractivity contribution in [3.05, 3.63) is 42.3 Å². The van der Waals surface area contributed by atoms with Crippen molar-refractivity contribution in [1.82, 2.24) is 4.98 Å². The molecule has 0 saturated heterocycles. The number of rotatable bonds is 4. The molecule has 1 amide bonds. The lowest BCUT2D eigenvalue weighted by Gasteiger charge is -2.11. The van der Waals surface area contributed by atoms with Crippen molar-refractivity contribution in [3.8, 4) is 11.5 Å². The summed E-state index contributed by atoms with van der Waals surface area (Å²) in [6, 6.07) is 8.60. The van der Waals surface area contributed by atoms with Gasteiger partial charge in [0.05, 0.1) is 31.7 Å². The van der Waals surface area contributed by atoms with Gasteiger partial charge in [0.2, 0.25) is 0 Å². The second-order valence-electron chi connectivity index (χ2n) is 4.40. The van der Waals surface area contributed by atoms with Crippen molar-refractivity contribution >= 4 is 22.7 Å². The number of nitrogens with one attached hydrogen (secondary N) is 2. The molecular formula is C15H14N2O4. The Morgan fingerprint density at radius 3 is 2.76 bits per heavy atom. The van der Waals surface area contributed by atoms with E-state index in [9.17, 15) is 4.79 Å². The fourth-order valence-electron chi connectivity index (χ4n) is 2.06. The van der Waals surface area contributed by atoms with Crippen molar-refractivity contribution in [3.63, 3.8) is 0 Å². The topological polar surface area (TPSA) is 76.5 Å². The number of fused-ring (bicyclic) bond motifs is 1. The number of aromatic nitrogens is 1. The van der Waals surface area contributed by atoms with Crippen molar-refractivity contribution in [2.24, 2.45) is 0 Å². The Morgan fingerprint density at radius 1 is 1.19 bits per heavy atom. The normalized spacial score (nSPS) is 10.6. The Balaban J connectivity index is 1.85. The summed E-state index contributed by atoms with van der Waals surface area (Å²) in [5.41, 5.74) is 2.40. The lowest BCUT2D eigenvalue weighted by molar-refractivity contribution is 0.102. The smallest absolute Gasteiger partial charge is 0.272 e. The molecule has 0 bridgehead atoms. The van der Waals surface area contributed by atoms with Crippen LogP contribution in [0.15, 0.2) is 41.0 Å². The fourth-order valence-corrected chi connectivity index (χ4v) is 2.06. The van der Waals surface area contributed by atoms with E-state index in [0.29, 0.717) is 28.5 Å². The predicted octanol–water partition coefficient (Wildman–Crippen LogP) is 3.03. The van der Waals surface area contributed by atoms with Crippen LogP contribution in [-0.4, -0.2) is 25.1 Å². The monoisotopic (exact) mass is 286 g/mol. The Labute approximate surface area is 120 Å². The van der Waals surface area contributed by atoms with Gasteiger partial charge in [0.25, 0.3) is 5.91 Å². The van der Waals surface area contributed by atoms with E-state index in [-0.39, 0.29) is 5.91 Å². The lowest BCUT2D eigenvalue weighted by atomic mass is 10.2. The van der Waals surface area contributed by atoms with Gasteiger partial charge < -0.3 is 24.2 Å². The summed E-state index contributed by atoms with van der Waals surface area (Å²) >= 11 is 0. The summed E-state index contributed by atoms with van der Waals surface area (Å²) in [4.78, 5) is 15.2. The second-order valence-corrected chi connectivity index (χ2v) is 4.40. The summed E-state index contributed by atoms with van der Waals surface area (Å²) in [5, 5.41) is 2.79. The number of ether oxygens (including phenoxy) is 2. The molecule has 0 radical (unpaired) electrons. The molecule has 2 aromatic heterocycles. The first-order valence-corrected chi connectivity index (χ1v) is 6.31. The zero-order valence-corrected chi connectivity index (χ0v) is 11.6. The van der Waals surface area contributed by atoms with Crippen molar-refractivity contribution in [2.45, 2.75) is 0 Å². The van der Waals surface area contributed by atoms with E-state index in [1.165, 1.54) is 7.11 Å². The molecule has 21 heavy (non-hydrogen) atoms. The second kappa shape index (κ2) is 5.24. The summed E-state index contributed by atoms with van der Waals surface area (Å²) in [5.74, 6) is 0.907. The van der Waals surface area contributed by atoms with Gasteiger partial charge in [-0.2, -0.15) is 0 Å². The molecule has 0 atom stereocenters. The van der Waals surface area contributed by atoms with Gasteiger partial charge in [0.1, 0.15) is 17.2 Å². The number of carbonyl (C=O) groups is 1. The summed E-state index contributed by atoms with van der Waals surface area (Å²) < 4.78 is 15.6. The highest BCUT2D eigenvalue weighted by Gasteiger charge is 2.14. The largest absolute Gasteiger partial charge is 0.497 e. The van der Waals surface area contributed by atoms with Crippen molar-refractivity contribution < 1.29 is 18.7 Å². The molecular weight excluding hydrogens is 272 g/mol. The van der Waals surface area contributed by atoms with Crippen LogP contribution < -0.4 is 14.8 Å². The molecule has 0 aliphatic heterocycles. The SMILES string of the molecule is COc1ccc(NC(=O)c2cc3occc3[nH]2)c(OC)c1. The van der Waals surface area contributed by atoms with E-state index >= 15 is 0 Å².